The molecule has 1 aromatic carbocycles. The summed E-state index contributed by atoms with van der Waals surface area (Å²) >= 11 is 1.40. The zero-order chi connectivity index (χ0) is 16.1. The van der Waals surface area contributed by atoms with Gasteiger partial charge in [0.1, 0.15) is 5.76 Å². The summed E-state index contributed by atoms with van der Waals surface area (Å²) in [4.78, 5) is 16.4. The Morgan fingerprint density at radius 3 is 3.04 bits per heavy atom. The van der Waals surface area contributed by atoms with Crippen LogP contribution in [0.1, 0.15) is 12.7 Å². The number of thioether (sulfide) groups is 1. The number of benzene rings is 1. The maximum absolute atomic E-state index is 11.8. The molecule has 0 fully saturated rings. The van der Waals surface area contributed by atoms with Crippen molar-refractivity contribution in [3.05, 3.63) is 48.4 Å². The molecule has 0 saturated heterocycles. The normalized spacial score (nSPS) is 11.3. The van der Waals surface area contributed by atoms with Crippen LogP contribution in [0.2, 0.25) is 0 Å². The van der Waals surface area contributed by atoms with Crippen molar-refractivity contribution in [2.24, 2.45) is 5.10 Å². The molecule has 0 spiro atoms. The number of fused-ring (bicyclic) bond motifs is 1. The first-order chi connectivity index (χ1) is 11.3. The number of aryl methyl sites for hydroxylation is 1. The highest BCUT2D eigenvalue weighted by Crippen LogP contribution is 2.23. The highest BCUT2D eigenvalue weighted by atomic mass is 32.2. The third kappa shape index (κ3) is 3.62. The van der Waals surface area contributed by atoms with Gasteiger partial charge in [0.25, 0.3) is 5.91 Å². The van der Waals surface area contributed by atoms with Crippen molar-refractivity contribution in [1.29, 1.82) is 0 Å². The monoisotopic (exact) mass is 328 g/mol. The Bertz CT molecular complexity index is 824. The van der Waals surface area contributed by atoms with E-state index in [1.807, 2.05) is 24.3 Å². The van der Waals surface area contributed by atoms with Gasteiger partial charge in [0, 0.05) is 6.54 Å². The Hall–Kier alpha value is -2.54. The maximum Gasteiger partial charge on any atom is 0.250 e. The van der Waals surface area contributed by atoms with Crippen LogP contribution in [0.4, 0.5) is 0 Å². The van der Waals surface area contributed by atoms with Gasteiger partial charge in [-0.3, -0.25) is 4.79 Å². The van der Waals surface area contributed by atoms with Gasteiger partial charge in [-0.15, -0.1) is 0 Å². The molecule has 0 radical (unpaired) electrons. The fourth-order valence-electron chi connectivity index (χ4n) is 2.16. The third-order valence-corrected chi connectivity index (χ3v) is 4.17. The van der Waals surface area contributed by atoms with E-state index in [9.17, 15) is 4.79 Å². The van der Waals surface area contributed by atoms with E-state index in [0.29, 0.717) is 5.76 Å². The zero-order valence-electron chi connectivity index (χ0n) is 12.6. The Morgan fingerprint density at radius 2 is 2.26 bits per heavy atom. The maximum atomic E-state index is 11.8. The summed E-state index contributed by atoms with van der Waals surface area (Å²) in [5.41, 5.74) is 4.49. The van der Waals surface area contributed by atoms with Crippen LogP contribution in [0.5, 0.6) is 0 Å². The number of rotatable bonds is 6. The molecule has 0 aliphatic rings. The lowest BCUT2D eigenvalue weighted by molar-refractivity contribution is -0.118. The number of furan rings is 1. The average Bonchev–Trinajstić information content (AvgIpc) is 3.19. The molecule has 6 nitrogen and oxygen atoms in total. The number of aromatic nitrogens is 2. The molecule has 0 aliphatic carbocycles. The molecule has 0 bridgehead atoms. The lowest BCUT2D eigenvalue weighted by Crippen LogP contribution is -2.19. The van der Waals surface area contributed by atoms with E-state index >= 15 is 0 Å². The molecule has 3 aromatic rings. The Kier molecular flexibility index (Phi) is 4.77. The predicted octanol–water partition coefficient (Wildman–Crippen LogP) is 2.89. The number of carbonyl (C=O) groups excluding carboxylic acids is 1. The molecule has 1 N–H and O–H groups in total. The van der Waals surface area contributed by atoms with E-state index in [0.717, 1.165) is 22.7 Å². The Labute approximate surface area is 137 Å². The van der Waals surface area contributed by atoms with Crippen molar-refractivity contribution in [3.63, 3.8) is 0 Å². The molecule has 1 amide bonds. The molecular formula is C16H16N4O2S. The van der Waals surface area contributed by atoms with E-state index < -0.39 is 0 Å². The van der Waals surface area contributed by atoms with E-state index in [-0.39, 0.29) is 11.7 Å². The zero-order valence-corrected chi connectivity index (χ0v) is 13.4. The molecule has 2 heterocycles. The number of carbonyl (C=O) groups is 1. The van der Waals surface area contributed by atoms with Crippen LogP contribution in [0.3, 0.4) is 0 Å². The van der Waals surface area contributed by atoms with Gasteiger partial charge in [-0.05, 0) is 31.2 Å². The molecule has 0 unspecified atom stereocenters. The van der Waals surface area contributed by atoms with Gasteiger partial charge in [-0.25, -0.2) is 10.4 Å². The molecule has 0 saturated carbocycles. The molecule has 0 aliphatic heterocycles. The van der Waals surface area contributed by atoms with Crippen molar-refractivity contribution in [2.45, 2.75) is 18.6 Å². The van der Waals surface area contributed by atoms with Crippen LogP contribution in [0.25, 0.3) is 11.0 Å². The Balaban J connectivity index is 1.60. The fraction of sp³-hybridized carbons (Fsp3) is 0.188. The van der Waals surface area contributed by atoms with Gasteiger partial charge in [0.15, 0.2) is 5.16 Å². The van der Waals surface area contributed by atoms with Gasteiger partial charge >= 0.3 is 0 Å². The van der Waals surface area contributed by atoms with Crippen LogP contribution >= 0.6 is 11.8 Å². The quantitative estimate of drug-likeness (QED) is 0.429. The molecule has 118 valence electrons. The number of imidazole rings is 1. The largest absolute Gasteiger partial charge is 0.463 e. The van der Waals surface area contributed by atoms with E-state index in [4.69, 9.17) is 4.42 Å². The summed E-state index contributed by atoms with van der Waals surface area (Å²) in [6.07, 6.45) is 3.01. The van der Waals surface area contributed by atoms with Gasteiger partial charge in [0.05, 0.1) is 29.3 Å². The third-order valence-electron chi connectivity index (χ3n) is 3.19. The molecule has 23 heavy (non-hydrogen) atoms. The number of hydrogen-bond acceptors (Lipinski definition) is 5. The SMILES string of the molecule is CCn1c(SCC(=O)N/N=C/c2ccco2)nc2ccccc21. The van der Waals surface area contributed by atoms with Crippen LogP contribution < -0.4 is 5.43 Å². The number of nitrogens with one attached hydrogen (secondary N) is 1. The first-order valence-corrected chi connectivity index (χ1v) is 8.20. The van der Waals surface area contributed by atoms with Gasteiger partial charge in [-0.2, -0.15) is 5.10 Å². The van der Waals surface area contributed by atoms with Crippen molar-refractivity contribution in [3.8, 4) is 0 Å². The van der Waals surface area contributed by atoms with Crippen LogP contribution in [0.15, 0.2) is 57.3 Å². The molecule has 7 heteroatoms. The first-order valence-electron chi connectivity index (χ1n) is 7.21. The van der Waals surface area contributed by atoms with Crippen LogP contribution in [0, 0.1) is 0 Å². The van der Waals surface area contributed by atoms with Crippen molar-refractivity contribution in [1.82, 2.24) is 15.0 Å². The highest BCUT2D eigenvalue weighted by Gasteiger charge is 2.11. The van der Waals surface area contributed by atoms with E-state index in [1.54, 1.807) is 18.4 Å². The smallest absolute Gasteiger partial charge is 0.250 e. The van der Waals surface area contributed by atoms with Crippen LogP contribution in [-0.4, -0.2) is 27.4 Å². The van der Waals surface area contributed by atoms with Gasteiger partial charge in [0.2, 0.25) is 0 Å². The number of hydrazone groups is 1. The lowest BCUT2D eigenvalue weighted by atomic mass is 10.3. The standard InChI is InChI=1S/C16H16N4O2S/c1-2-20-14-8-4-3-7-13(14)18-16(20)23-11-15(21)19-17-10-12-6-5-9-22-12/h3-10H,2,11H2,1H3,(H,19,21)/b17-10+. The lowest BCUT2D eigenvalue weighted by Gasteiger charge is -2.04. The molecule has 0 atom stereocenters. The summed E-state index contributed by atoms with van der Waals surface area (Å²) in [6.45, 7) is 2.87. The molecule has 3 rings (SSSR count). The second-order valence-electron chi connectivity index (χ2n) is 4.72. The number of hydrogen-bond donors (Lipinski definition) is 1. The van der Waals surface area contributed by atoms with Gasteiger partial charge in [-0.1, -0.05) is 23.9 Å². The second kappa shape index (κ2) is 7.15. The van der Waals surface area contributed by atoms with Crippen LogP contribution in [-0.2, 0) is 11.3 Å². The minimum absolute atomic E-state index is 0.187. The average molecular weight is 328 g/mol. The number of nitrogens with zero attached hydrogens (tertiary/aromatic N) is 3. The summed E-state index contributed by atoms with van der Waals surface area (Å²) in [6, 6.07) is 11.5. The van der Waals surface area contributed by atoms with Gasteiger partial charge < -0.3 is 8.98 Å². The Morgan fingerprint density at radius 1 is 1.39 bits per heavy atom. The number of amides is 1. The second-order valence-corrected chi connectivity index (χ2v) is 5.67. The summed E-state index contributed by atoms with van der Waals surface area (Å²) < 4.78 is 7.19. The summed E-state index contributed by atoms with van der Waals surface area (Å²) in [7, 11) is 0. The summed E-state index contributed by atoms with van der Waals surface area (Å²) in [5.74, 6) is 0.650. The van der Waals surface area contributed by atoms with Crippen molar-refractivity contribution in [2.75, 3.05) is 5.75 Å². The molecular weight excluding hydrogens is 312 g/mol. The van der Waals surface area contributed by atoms with Crippen molar-refractivity contribution < 1.29 is 9.21 Å². The topological polar surface area (TPSA) is 72.4 Å². The predicted molar refractivity (Wildman–Crippen MR) is 90.6 cm³/mol. The fourth-order valence-corrected chi connectivity index (χ4v) is 3.04. The highest BCUT2D eigenvalue weighted by molar-refractivity contribution is 7.99. The first kappa shape index (κ1) is 15.4. The number of para-hydroxylation sites is 2. The van der Waals surface area contributed by atoms with E-state index in [1.165, 1.54) is 18.0 Å². The minimum Gasteiger partial charge on any atom is -0.463 e. The van der Waals surface area contributed by atoms with E-state index in [2.05, 4.69) is 27.0 Å². The van der Waals surface area contributed by atoms with Crippen molar-refractivity contribution >= 4 is 34.9 Å². The minimum atomic E-state index is -0.187. The summed E-state index contributed by atoms with van der Waals surface area (Å²) in [5, 5.41) is 4.68. The molecule has 2 aromatic heterocycles.